The molecule has 0 bridgehead atoms. The third kappa shape index (κ3) is 2.39. The number of anilines is 1. The highest BCUT2D eigenvalue weighted by Gasteiger charge is 2.14. The van der Waals surface area contributed by atoms with Crippen LogP contribution in [-0.4, -0.2) is 29.2 Å². The van der Waals surface area contributed by atoms with Crippen molar-refractivity contribution in [1.29, 1.82) is 0 Å². The van der Waals surface area contributed by atoms with Crippen molar-refractivity contribution in [2.24, 2.45) is 0 Å². The molecule has 4 heteroatoms. The molecule has 2 rings (SSSR count). The van der Waals surface area contributed by atoms with Crippen LogP contribution in [0, 0.1) is 0 Å². The minimum atomic E-state index is 0.337. The molecule has 0 amide bonds. The molecule has 13 heavy (non-hydrogen) atoms. The van der Waals surface area contributed by atoms with E-state index in [-0.39, 0.29) is 0 Å². The van der Waals surface area contributed by atoms with E-state index in [1.807, 2.05) is 0 Å². The zero-order chi connectivity index (χ0) is 8.93. The number of nitrogens with one attached hydrogen (secondary N) is 1. The molecule has 1 N–H and O–H groups in total. The van der Waals surface area contributed by atoms with Gasteiger partial charge in [-0.05, 0) is 18.9 Å². The lowest BCUT2D eigenvalue weighted by Crippen LogP contribution is -2.19. The number of nitrogens with zero attached hydrogens (tertiary/aromatic N) is 2. The van der Waals surface area contributed by atoms with Crippen LogP contribution >= 0.6 is 0 Å². The standard InChI is InChI=1S/C9H13N3O/c1-3-8(13-6-1)7-12-9-10-4-2-5-11-9/h2,4-5,8H,1,3,6-7H2,(H,10,11,12). The van der Waals surface area contributed by atoms with Crippen LogP contribution in [0.25, 0.3) is 0 Å². The summed E-state index contributed by atoms with van der Waals surface area (Å²) in [6.45, 7) is 1.70. The van der Waals surface area contributed by atoms with Gasteiger partial charge >= 0.3 is 0 Å². The van der Waals surface area contributed by atoms with E-state index in [1.165, 1.54) is 6.42 Å². The predicted octanol–water partition coefficient (Wildman–Crippen LogP) is 1.07. The lowest BCUT2D eigenvalue weighted by atomic mass is 10.2. The fraction of sp³-hybridized carbons (Fsp3) is 0.556. The lowest BCUT2D eigenvalue weighted by molar-refractivity contribution is 0.120. The van der Waals surface area contributed by atoms with Crippen molar-refractivity contribution >= 4 is 5.95 Å². The molecule has 0 aliphatic carbocycles. The van der Waals surface area contributed by atoms with Crippen LogP contribution < -0.4 is 5.32 Å². The van der Waals surface area contributed by atoms with Crippen LogP contribution in [0.1, 0.15) is 12.8 Å². The highest BCUT2D eigenvalue weighted by atomic mass is 16.5. The number of hydrogen-bond acceptors (Lipinski definition) is 4. The van der Waals surface area contributed by atoms with Gasteiger partial charge in [0, 0.05) is 25.5 Å². The number of rotatable bonds is 3. The average Bonchev–Trinajstić information content (AvgIpc) is 2.69. The zero-order valence-corrected chi connectivity index (χ0v) is 7.44. The number of hydrogen-bond donors (Lipinski definition) is 1. The molecule has 1 aliphatic rings. The van der Waals surface area contributed by atoms with E-state index in [0.717, 1.165) is 19.6 Å². The molecule has 1 aromatic rings. The second-order valence-corrected chi connectivity index (χ2v) is 3.09. The molecule has 1 fully saturated rings. The molecule has 0 aromatic carbocycles. The molecule has 0 radical (unpaired) electrons. The van der Waals surface area contributed by atoms with Crippen molar-refractivity contribution in [3.63, 3.8) is 0 Å². The van der Waals surface area contributed by atoms with Crippen LogP contribution in [0.5, 0.6) is 0 Å². The first-order valence-electron chi connectivity index (χ1n) is 4.57. The van der Waals surface area contributed by atoms with Crippen LogP contribution in [0.2, 0.25) is 0 Å². The van der Waals surface area contributed by atoms with Crippen molar-refractivity contribution in [3.8, 4) is 0 Å². The molecule has 1 aromatic heterocycles. The number of aromatic nitrogens is 2. The normalized spacial score (nSPS) is 21.7. The van der Waals surface area contributed by atoms with Crippen molar-refractivity contribution in [2.75, 3.05) is 18.5 Å². The van der Waals surface area contributed by atoms with Gasteiger partial charge in [-0.3, -0.25) is 0 Å². The first-order valence-corrected chi connectivity index (χ1v) is 4.57. The average molecular weight is 179 g/mol. The second kappa shape index (κ2) is 4.18. The van der Waals surface area contributed by atoms with E-state index in [4.69, 9.17) is 4.74 Å². The summed E-state index contributed by atoms with van der Waals surface area (Å²) in [5.74, 6) is 0.679. The van der Waals surface area contributed by atoms with Gasteiger partial charge in [0.05, 0.1) is 6.10 Å². The Hall–Kier alpha value is -1.16. The fourth-order valence-corrected chi connectivity index (χ4v) is 1.40. The topological polar surface area (TPSA) is 47.0 Å². The Morgan fingerprint density at radius 1 is 1.46 bits per heavy atom. The summed E-state index contributed by atoms with van der Waals surface area (Å²) in [6.07, 6.45) is 6.10. The van der Waals surface area contributed by atoms with Gasteiger partial charge in [-0.2, -0.15) is 0 Å². The molecule has 70 valence electrons. The van der Waals surface area contributed by atoms with Crippen LogP contribution in [0.15, 0.2) is 18.5 Å². The molecule has 0 saturated carbocycles. The quantitative estimate of drug-likeness (QED) is 0.754. The predicted molar refractivity (Wildman–Crippen MR) is 49.5 cm³/mol. The van der Waals surface area contributed by atoms with Crippen molar-refractivity contribution < 1.29 is 4.74 Å². The van der Waals surface area contributed by atoms with Crippen molar-refractivity contribution in [1.82, 2.24) is 9.97 Å². The Balaban J connectivity index is 1.79. The minimum Gasteiger partial charge on any atom is -0.376 e. The highest BCUT2D eigenvalue weighted by Crippen LogP contribution is 2.11. The van der Waals surface area contributed by atoms with Crippen molar-refractivity contribution in [2.45, 2.75) is 18.9 Å². The van der Waals surface area contributed by atoms with Gasteiger partial charge in [0.1, 0.15) is 0 Å². The molecule has 1 unspecified atom stereocenters. The second-order valence-electron chi connectivity index (χ2n) is 3.09. The van der Waals surface area contributed by atoms with Gasteiger partial charge in [0.25, 0.3) is 0 Å². The zero-order valence-electron chi connectivity index (χ0n) is 7.44. The van der Waals surface area contributed by atoms with Crippen LogP contribution in [0.4, 0.5) is 5.95 Å². The molecular weight excluding hydrogens is 166 g/mol. The summed E-state index contributed by atoms with van der Waals surface area (Å²) in [5, 5.41) is 3.14. The molecular formula is C9H13N3O. The minimum absolute atomic E-state index is 0.337. The molecule has 0 spiro atoms. The van der Waals surface area contributed by atoms with E-state index < -0.39 is 0 Å². The largest absolute Gasteiger partial charge is 0.376 e. The van der Waals surface area contributed by atoms with E-state index >= 15 is 0 Å². The first-order chi connectivity index (χ1) is 6.45. The summed E-state index contributed by atoms with van der Waals surface area (Å²) >= 11 is 0. The Labute approximate surface area is 77.4 Å². The third-order valence-electron chi connectivity index (χ3n) is 2.08. The van der Waals surface area contributed by atoms with E-state index in [2.05, 4.69) is 15.3 Å². The Kier molecular flexibility index (Phi) is 2.72. The molecule has 1 aliphatic heterocycles. The SMILES string of the molecule is c1cnc(NCC2CCCO2)nc1. The maximum absolute atomic E-state index is 5.46. The highest BCUT2D eigenvalue weighted by molar-refractivity contribution is 5.22. The first kappa shape index (κ1) is 8.44. The van der Waals surface area contributed by atoms with Crippen molar-refractivity contribution in [3.05, 3.63) is 18.5 Å². The van der Waals surface area contributed by atoms with E-state index in [9.17, 15) is 0 Å². The maximum Gasteiger partial charge on any atom is 0.222 e. The lowest BCUT2D eigenvalue weighted by Gasteiger charge is -2.09. The molecule has 4 nitrogen and oxygen atoms in total. The van der Waals surface area contributed by atoms with Crippen LogP contribution in [-0.2, 0) is 4.74 Å². The van der Waals surface area contributed by atoms with Gasteiger partial charge in [0.15, 0.2) is 0 Å². The number of ether oxygens (including phenoxy) is 1. The maximum atomic E-state index is 5.46. The van der Waals surface area contributed by atoms with Gasteiger partial charge in [0.2, 0.25) is 5.95 Å². The summed E-state index contributed by atoms with van der Waals surface area (Å²) in [6, 6.07) is 1.80. The van der Waals surface area contributed by atoms with Gasteiger partial charge in [-0.15, -0.1) is 0 Å². The van der Waals surface area contributed by atoms with Gasteiger partial charge in [-0.25, -0.2) is 9.97 Å². The summed E-state index contributed by atoms with van der Waals surface area (Å²) in [5.41, 5.74) is 0. The van der Waals surface area contributed by atoms with E-state index in [1.54, 1.807) is 18.5 Å². The summed E-state index contributed by atoms with van der Waals surface area (Å²) < 4.78 is 5.46. The van der Waals surface area contributed by atoms with Gasteiger partial charge < -0.3 is 10.1 Å². The Morgan fingerprint density at radius 2 is 2.31 bits per heavy atom. The van der Waals surface area contributed by atoms with E-state index in [0.29, 0.717) is 12.1 Å². The molecule has 1 saturated heterocycles. The Morgan fingerprint density at radius 3 is 3.00 bits per heavy atom. The van der Waals surface area contributed by atoms with Gasteiger partial charge in [-0.1, -0.05) is 0 Å². The Bertz CT molecular complexity index is 246. The summed E-state index contributed by atoms with van der Waals surface area (Å²) in [4.78, 5) is 8.12. The monoisotopic (exact) mass is 179 g/mol. The fourth-order valence-electron chi connectivity index (χ4n) is 1.40. The molecule has 2 heterocycles. The van der Waals surface area contributed by atoms with Crippen LogP contribution in [0.3, 0.4) is 0 Å². The smallest absolute Gasteiger partial charge is 0.222 e. The molecule has 1 atom stereocenters. The third-order valence-corrected chi connectivity index (χ3v) is 2.08. The summed E-state index contributed by atoms with van der Waals surface area (Å²) in [7, 11) is 0.